The maximum Gasteiger partial charge on any atom is 0.228 e. The van der Waals surface area contributed by atoms with Crippen molar-refractivity contribution in [3.8, 4) is 0 Å². The van der Waals surface area contributed by atoms with Crippen LogP contribution in [-0.2, 0) is 81.0 Å². The van der Waals surface area contributed by atoms with Crippen molar-refractivity contribution in [3.63, 3.8) is 0 Å². The molecule has 0 saturated carbocycles. The van der Waals surface area contributed by atoms with Crippen LogP contribution < -0.4 is 5.73 Å². The molecule has 8 heterocycles. The zero-order chi connectivity index (χ0) is 68.1. The number of likely N-dealkylation sites (tertiary alicyclic amines) is 8. The molecule has 8 fully saturated rings. The van der Waals surface area contributed by atoms with E-state index in [1.807, 2.05) is 55.4 Å². The van der Waals surface area contributed by atoms with E-state index < -0.39 is 97.6 Å². The van der Waals surface area contributed by atoms with Gasteiger partial charge in [0.2, 0.25) is 53.2 Å². The second-order valence-electron chi connectivity index (χ2n) is 30.8. The van der Waals surface area contributed by atoms with Crippen molar-refractivity contribution in [3.05, 3.63) is 0 Å². The number of hydrogen-bond acceptors (Lipinski definition) is 17. The summed E-state index contributed by atoms with van der Waals surface area (Å²) in [6.45, 7) is 19.1. The standard InChI is InChI=1S/C66H109N9O17/c1-42(76)68-27-44(19-59(68,2)34-85-10)52(78)70-29-46(21-61(70,4)36-87-12)54(80)72-31-48(23-63(72,6)38-89-14)56(82)74-33-50(25-65(74,8)40-91-16)58(84)75-32-49(24-66(75,9)41-92-17)57(83)73-30-47(22-64(73,7)39-90-15)55(81)71-28-45(20-62(71,5)37-88-13)53(79)69-26-43(51(67)77)18-60(69,3)35-86-11/h43-50H,18-41H2,1-17H3,(H2,67,77)/t43-,44-,45-,46-,47-,48-,49-,50-,59-,60-,61-,62-,63-,64-,65-,66-/m0/s1. The molecule has 26 heteroatoms. The molecule has 92 heavy (non-hydrogen) atoms. The van der Waals surface area contributed by atoms with E-state index in [9.17, 15) is 19.2 Å². The lowest BCUT2D eigenvalue weighted by molar-refractivity contribution is -0.144. The van der Waals surface area contributed by atoms with Crippen LogP contribution in [0.15, 0.2) is 0 Å². The number of amides is 9. The number of methoxy groups -OCH3 is 8. The van der Waals surface area contributed by atoms with Gasteiger partial charge in [0.25, 0.3) is 0 Å². The molecular weight excluding hydrogens is 1190 g/mol. The fraction of sp³-hybridized carbons (Fsp3) is 0.864. The highest BCUT2D eigenvalue weighted by Crippen LogP contribution is 2.48. The Hall–Kier alpha value is -5.09. The summed E-state index contributed by atoms with van der Waals surface area (Å²) in [6.07, 6.45) is 2.47. The molecule has 0 aromatic rings. The van der Waals surface area contributed by atoms with Crippen molar-refractivity contribution in [1.82, 2.24) is 39.2 Å². The minimum atomic E-state index is -0.941. The van der Waals surface area contributed by atoms with Gasteiger partial charge in [0.05, 0.1) is 145 Å². The highest BCUT2D eigenvalue weighted by Gasteiger charge is 2.61. The van der Waals surface area contributed by atoms with E-state index in [1.165, 1.54) is 6.92 Å². The summed E-state index contributed by atoms with van der Waals surface area (Å²) in [5.74, 6) is -7.11. The number of hydrogen-bond donors (Lipinski definition) is 1. The van der Waals surface area contributed by atoms with Gasteiger partial charge in [-0.05, 0) is 107 Å². The van der Waals surface area contributed by atoms with Crippen LogP contribution in [0.25, 0.3) is 0 Å². The Kier molecular flexibility index (Phi) is 21.8. The molecule has 26 nitrogen and oxygen atoms in total. The van der Waals surface area contributed by atoms with E-state index in [0.717, 1.165) is 0 Å². The number of rotatable bonds is 24. The summed E-state index contributed by atoms with van der Waals surface area (Å²) >= 11 is 0. The van der Waals surface area contributed by atoms with Gasteiger partial charge in [-0.25, -0.2) is 0 Å². The lowest BCUT2D eigenvalue weighted by Gasteiger charge is -2.36. The fourth-order valence-corrected chi connectivity index (χ4v) is 18.6. The number of carbonyl (C=O) groups excluding carboxylic acids is 9. The van der Waals surface area contributed by atoms with Crippen LogP contribution >= 0.6 is 0 Å². The highest BCUT2D eigenvalue weighted by molar-refractivity contribution is 5.91. The van der Waals surface area contributed by atoms with Gasteiger partial charge in [-0.2, -0.15) is 0 Å². The van der Waals surface area contributed by atoms with E-state index in [0.29, 0.717) is 25.7 Å². The van der Waals surface area contributed by atoms with Crippen LogP contribution in [-0.4, -0.2) is 299 Å². The van der Waals surface area contributed by atoms with Crippen LogP contribution in [0.5, 0.6) is 0 Å². The van der Waals surface area contributed by atoms with Crippen LogP contribution in [0.1, 0.15) is 114 Å². The molecule has 0 unspecified atom stereocenters. The first-order chi connectivity index (χ1) is 43.1. The van der Waals surface area contributed by atoms with Crippen LogP contribution in [0, 0.1) is 47.3 Å². The SMILES string of the molecule is COC[C@]1(C)C[C@H](C(=O)N2C[C@@H](C(=O)N3C[C@@H](C(=O)N4C[C@@H](C(=O)N5C[C@@H](C(=O)N6C[C@@H](C(=O)N7C[C@@H](C(=O)N8C[C@@H](C(N)=O)C[C@@]8(C)COC)C[C@@]7(C)COC)C[C@@]6(C)COC)C[C@@]5(C)COC)C[C@@]4(C)COC)C[C@@]3(C)COC)C[C@@]2(C)COC)CN1C(C)=O. The zero-order valence-corrected chi connectivity index (χ0v) is 58.2. The fourth-order valence-electron chi connectivity index (χ4n) is 18.6. The predicted octanol–water partition coefficient (Wildman–Crippen LogP) is 1.52. The predicted molar refractivity (Wildman–Crippen MR) is 336 cm³/mol. The van der Waals surface area contributed by atoms with E-state index in [2.05, 4.69) is 0 Å². The molecule has 9 amide bonds. The van der Waals surface area contributed by atoms with Crippen molar-refractivity contribution in [1.29, 1.82) is 0 Å². The average molecular weight is 1300 g/mol. The maximum atomic E-state index is 15.5. The number of ether oxygens (including phenoxy) is 8. The second-order valence-corrected chi connectivity index (χ2v) is 30.8. The monoisotopic (exact) mass is 1300 g/mol. The molecule has 8 aliphatic rings. The first-order valence-electron chi connectivity index (χ1n) is 32.8. The molecule has 2 N–H and O–H groups in total. The molecule has 0 aromatic heterocycles. The molecule has 16 atom stereocenters. The third-order valence-corrected chi connectivity index (χ3v) is 22.7. The Morgan fingerprint density at radius 3 is 0.543 bits per heavy atom. The normalized spacial score (nSPS) is 38.0. The Balaban J connectivity index is 0.976. The van der Waals surface area contributed by atoms with E-state index >= 15 is 24.0 Å². The van der Waals surface area contributed by atoms with Gasteiger partial charge in [0, 0.05) is 116 Å². The summed E-state index contributed by atoms with van der Waals surface area (Å²) in [5.41, 5.74) is -1.11. The van der Waals surface area contributed by atoms with Gasteiger partial charge in [0.1, 0.15) is 0 Å². The molecule has 0 aromatic carbocycles. The Morgan fingerprint density at radius 1 is 0.272 bits per heavy atom. The largest absolute Gasteiger partial charge is 0.382 e. The first-order valence-corrected chi connectivity index (χ1v) is 32.8. The second kappa shape index (κ2) is 27.6. The van der Waals surface area contributed by atoms with E-state index in [4.69, 9.17) is 43.6 Å². The molecule has 0 spiro atoms. The van der Waals surface area contributed by atoms with Crippen molar-refractivity contribution < 1.29 is 81.0 Å². The van der Waals surface area contributed by atoms with Crippen molar-refractivity contribution >= 4 is 53.2 Å². The topological polar surface area (TPSA) is 279 Å². The van der Waals surface area contributed by atoms with Gasteiger partial charge in [-0.3, -0.25) is 43.2 Å². The number of primary amides is 1. The molecule has 8 saturated heterocycles. The van der Waals surface area contributed by atoms with Crippen LogP contribution in [0.2, 0.25) is 0 Å². The molecule has 8 aliphatic heterocycles. The summed E-state index contributed by atoms with van der Waals surface area (Å²) in [7, 11) is 12.5. The summed E-state index contributed by atoms with van der Waals surface area (Å²) in [6, 6.07) is 0. The molecule has 0 radical (unpaired) electrons. The van der Waals surface area contributed by atoms with Gasteiger partial charge < -0.3 is 82.8 Å². The summed E-state index contributed by atoms with van der Waals surface area (Å²) < 4.78 is 45.8. The minimum absolute atomic E-state index is 0.0610. The number of nitrogens with two attached hydrogens (primary N) is 1. The van der Waals surface area contributed by atoms with Gasteiger partial charge >= 0.3 is 0 Å². The van der Waals surface area contributed by atoms with E-state index in [-0.39, 0.29) is 178 Å². The highest BCUT2D eigenvalue weighted by atomic mass is 16.5. The van der Waals surface area contributed by atoms with Gasteiger partial charge in [-0.1, -0.05) is 0 Å². The van der Waals surface area contributed by atoms with E-state index in [1.54, 1.807) is 96.1 Å². The lowest BCUT2D eigenvalue weighted by atomic mass is 9.90. The van der Waals surface area contributed by atoms with Crippen molar-refractivity contribution in [2.45, 2.75) is 158 Å². The van der Waals surface area contributed by atoms with Gasteiger partial charge in [-0.15, -0.1) is 0 Å². The lowest BCUT2D eigenvalue weighted by Crippen LogP contribution is -2.51. The Bertz CT molecular complexity index is 2800. The average Bonchev–Trinajstić information content (AvgIpc) is 1.61. The zero-order valence-electron chi connectivity index (χ0n) is 58.2. The van der Waals surface area contributed by atoms with Crippen molar-refractivity contribution in [2.24, 2.45) is 53.1 Å². The Labute approximate surface area is 544 Å². The smallest absolute Gasteiger partial charge is 0.228 e. The third-order valence-electron chi connectivity index (χ3n) is 22.7. The van der Waals surface area contributed by atoms with Gasteiger partial charge in [0.15, 0.2) is 0 Å². The number of nitrogens with zero attached hydrogens (tertiary/aromatic N) is 8. The Morgan fingerprint density at radius 2 is 0.402 bits per heavy atom. The molecule has 0 aliphatic carbocycles. The molecule has 0 bridgehead atoms. The summed E-state index contributed by atoms with van der Waals surface area (Å²) in [5, 5.41) is 0. The maximum absolute atomic E-state index is 15.5. The first kappa shape index (κ1) is 72.7. The third kappa shape index (κ3) is 13.4. The minimum Gasteiger partial charge on any atom is -0.382 e. The van der Waals surface area contributed by atoms with Crippen molar-refractivity contribution in [2.75, 3.05) is 162 Å². The quantitative estimate of drug-likeness (QED) is 0.143. The number of carbonyl (C=O) groups is 9. The molecular formula is C66H109N9O17. The molecule has 520 valence electrons. The van der Waals surface area contributed by atoms with Crippen LogP contribution in [0.4, 0.5) is 0 Å². The summed E-state index contributed by atoms with van der Waals surface area (Å²) in [4.78, 5) is 145. The van der Waals surface area contributed by atoms with Crippen LogP contribution in [0.3, 0.4) is 0 Å². The molecule has 8 rings (SSSR count).